The standard InChI is InChI=1S/C21H25NO5/c1-4-25-18-9-11-19(12-10-18)26-14-21(24)27-13-20(23)22-17-7-5-16(6-8-17)15(2)3/h5-12,15H,4,13-14H2,1-3H3,(H,22,23). The normalized spacial score (nSPS) is 10.4. The van der Waals surface area contributed by atoms with Gasteiger partial charge in [-0.15, -0.1) is 0 Å². The van der Waals surface area contributed by atoms with E-state index in [4.69, 9.17) is 14.2 Å². The summed E-state index contributed by atoms with van der Waals surface area (Å²) in [5.41, 5.74) is 1.84. The lowest BCUT2D eigenvalue weighted by Crippen LogP contribution is -2.23. The summed E-state index contributed by atoms with van der Waals surface area (Å²) in [6.45, 7) is 6.04. The zero-order valence-electron chi connectivity index (χ0n) is 15.9. The van der Waals surface area contributed by atoms with Crippen molar-refractivity contribution < 1.29 is 23.8 Å². The third-order valence-corrected chi connectivity index (χ3v) is 3.72. The van der Waals surface area contributed by atoms with Crippen LogP contribution in [0.25, 0.3) is 0 Å². The number of rotatable bonds is 9. The molecule has 0 saturated heterocycles. The number of ether oxygens (including phenoxy) is 3. The van der Waals surface area contributed by atoms with Gasteiger partial charge in [-0.2, -0.15) is 0 Å². The molecule has 0 unspecified atom stereocenters. The molecule has 2 aromatic carbocycles. The Kier molecular flexibility index (Phi) is 7.67. The Hall–Kier alpha value is -3.02. The molecule has 0 aliphatic carbocycles. The molecule has 0 bridgehead atoms. The van der Waals surface area contributed by atoms with Crippen LogP contribution in [0.15, 0.2) is 48.5 Å². The van der Waals surface area contributed by atoms with Gasteiger partial charge in [0, 0.05) is 5.69 Å². The zero-order valence-corrected chi connectivity index (χ0v) is 15.9. The number of anilines is 1. The number of hydrogen-bond acceptors (Lipinski definition) is 5. The molecule has 144 valence electrons. The second-order valence-electron chi connectivity index (χ2n) is 6.18. The molecule has 1 N–H and O–H groups in total. The molecule has 0 heterocycles. The molecule has 2 rings (SSSR count). The van der Waals surface area contributed by atoms with Crippen molar-refractivity contribution in [1.29, 1.82) is 0 Å². The number of carbonyl (C=O) groups excluding carboxylic acids is 2. The molecule has 0 fully saturated rings. The van der Waals surface area contributed by atoms with Crippen LogP contribution in [0, 0.1) is 0 Å². The highest BCUT2D eigenvalue weighted by Gasteiger charge is 2.09. The Balaban J connectivity index is 1.70. The van der Waals surface area contributed by atoms with Crippen LogP contribution in [-0.2, 0) is 14.3 Å². The first-order chi connectivity index (χ1) is 13.0. The molecule has 0 aliphatic rings. The average Bonchev–Trinajstić information content (AvgIpc) is 2.66. The minimum absolute atomic E-state index is 0.273. The van der Waals surface area contributed by atoms with Gasteiger partial charge in [0.2, 0.25) is 0 Å². The van der Waals surface area contributed by atoms with Gasteiger partial charge in [-0.05, 0) is 54.8 Å². The van der Waals surface area contributed by atoms with E-state index in [0.29, 0.717) is 24.0 Å². The quantitative estimate of drug-likeness (QED) is 0.679. The van der Waals surface area contributed by atoms with Crippen LogP contribution in [0.1, 0.15) is 32.3 Å². The van der Waals surface area contributed by atoms with E-state index < -0.39 is 11.9 Å². The van der Waals surface area contributed by atoms with E-state index in [-0.39, 0.29) is 13.2 Å². The fraction of sp³-hybridized carbons (Fsp3) is 0.333. The lowest BCUT2D eigenvalue weighted by Gasteiger charge is -2.10. The molecule has 6 heteroatoms. The van der Waals surface area contributed by atoms with E-state index in [0.717, 1.165) is 5.75 Å². The van der Waals surface area contributed by atoms with Crippen molar-refractivity contribution in [1.82, 2.24) is 0 Å². The van der Waals surface area contributed by atoms with Gasteiger partial charge >= 0.3 is 5.97 Å². The van der Waals surface area contributed by atoms with Gasteiger partial charge < -0.3 is 19.5 Å². The zero-order chi connectivity index (χ0) is 19.6. The summed E-state index contributed by atoms with van der Waals surface area (Å²) >= 11 is 0. The third kappa shape index (κ3) is 7.01. The third-order valence-electron chi connectivity index (χ3n) is 3.72. The summed E-state index contributed by atoms with van der Waals surface area (Å²) in [5, 5.41) is 2.68. The largest absolute Gasteiger partial charge is 0.494 e. The molecule has 0 atom stereocenters. The first-order valence-corrected chi connectivity index (χ1v) is 8.89. The average molecular weight is 371 g/mol. The monoisotopic (exact) mass is 371 g/mol. The number of benzene rings is 2. The Bertz CT molecular complexity index is 738. The number of nitrogens with one attached hydrogen (secondary N) is 1. The predicted molar refractivity (Wildman–Crippen MR) is 103 cm³/mol. The SMILES string of the molecule is CCOc1ccc(OCC(=O)OCC(=O)Nc2ccc(C(C)C)cc2)cc1. The maximum Gasteiger partial charge on any atom is 0.344 e. The fourth-order valence-corrected chi connectivity index (χ4v) is 2.28. The van der Waals surface area contributed by atoms with Crippen LogP contribution >= 0.6 is 0 Å². The van der Waals surface area contributed by atoms with E-state index >= 15 is 0 Å². The van der Waals surface area contributed by atoms with Gasteiger partial charge in [0.1, 0.15) is 11.5 Å². The topological polar surface area (TPSA) is 73.9 Å². The van der Waals surface area contributed by atoms with Gasteiger partial charge in [-0.25, -0.2) is 4.79 Å². The molecule has 2 aromatic rings. The van der Waals surface area contributed by atoms with Crippen molar-refractivity contribution in [3.8, 4) is 11.5 Å². The van der Waals surface area contributed by atoms with Crippen molar-refractivity contribution in [2.75, 3.05) is 25.1 Å². The van der Waals surface area contributed by atoms with Crippen LogP contribution in [0.2, 0.25) is 0 Å². The Morgan fingerprint density at radius 3 is 2.04 bits per heavy atom. The van der Waals surface area contributed by atoms with Gasteiger partial charge in [-0.1, -0.05) is 26.0 Å². The molecule has 1 amide bonds. The summed E-state index contributed by atoms with van der Waals surface area (Å²) in [4.78, 5) is 23.6. The Labute approximate surface area is 159 Å². The van der Waals surface area contributed by atoms with E-state index in [2.05, 4.69) is 19.2 Å². The minimum Gasteiger partial charge on any atom is -0.494 e. The highest BCUT2D eigenvalue weighted by Crippen LogP contribution is 2.18. The summed E-state index contributed by atoms with van der Waals surface area (Å²) in [5.74, 6) is 0.651. The molecule has 6 nitrogen and oxygen atoms in total. The Morgan fingerprint density at radius 1 is 0.889 bits per heavy atom. The predicted octanol–water partition coefficient (Wildman–Crippen LogP) is 3.77. The molecule has 0 spiro atoms. The first-order valence-electron chi connectivity index (χ1n) is 8.89. The summed E-state index contributed by atoms with van der Waals surface area (Å²) in [6, 6.07) is 14.5. The minimum atomic E-state index is -0.616. The molecular weight excluding hydrogens is 346 g/mol. The molecule has 27 heavy (non-hydrogen) atoms. The highest BCUT2D eigenvalue weighted by atomic mass is 16.6. The van der Waals surface area contributed by atoms with Crippen LogP contribution < -0.4 is 14.8 Å². The van der Waals surface area contributed by atoms with Crippen molar-refractivity contribution in [2.24, 2.45) is 0 Å². The number of amides is 1. The molecule has 0 saturated carbocycles. The summed E-state index contributed by atoms with van der Waals surface area (Å²) in [7, 11) is 0. The molecular formula is C21H25NO5. The van der Waals surface area contributed by atoms with Gasteiger partial charge in [-0.3, -0.25) is 4.79 Å². The van der Waals surface area contributed by atoms with Crippen molar-refractivity contribution in [2.45, 2.75) is 26.7 Å². The van der Waals surface area contributed by atoms with E-state index in [1.165, 1.54) is 5.56 Å². The number of esters is 1. The van der Waals surface area contributed by atoms with Crippen molar-refractivity contribution in [3.63, 3.8) is 0 Å². The van der Waals surface area contributed by atoms with Crippen LogP contribution in [0.4, 0.5) is 5.69 Å². The lowest BCUT2D eigenvalue weighted by molar-refractivity contribution is -0.149. The second kappa shape index (κ2) is 10.2. The maximum absolute atomic E-state index is 11.9. The van der Waals surface area contributed by atoms with Crippen molar-refractivity contribution >= 4 is 17.6 Å². The van der Waals surface area contributed by atoms with E-state index in [9.17, 15) is 9.59 Å². The second-order valence-corrected chi connectivity index (χ2v) is 6.18. The van der Waals surface area contributed by atoms with Gasteiger partial charge in [0.15, 0.2) is 13.2 Å². The smallest absolute Gasteiger partial charge is 0.344 e. The van der Waals surface area contributed by atoms with E-state index in [1.54, 1.807) is 24.3 Å². The van der Waals surface area contributed by atoms with Gasteiger partial charge in [0.25, 0.3) is 5.91 Å². The Morgan fingerprint density at radius 2 is 1.48 bits per heavy atom. The highest BCUT2D eigenvalue weighted by molar-refractivity contribution is 5.92. The van der Waals surface area contributed by atoms with Crippen LogP contribution in [-0.4, -0.2) is 31.7 Å². The molecule has 0 aromatic heterocycles. The fourth-order valence-electron chi connectivity index (χ4n) is 2.28. The molecule has 0 aliphatic heterocycles. The lowest BCUT2D eigenvalue weighted by atomic mass is 10.0. The first kappa shape index (κ1) is 20.3. The van der Waals surface area contributed by atoms with Crippen LogP contribution in [0.5, 0.6) is 11.5 Å². The van der Waals surface area contributed by atoms with Gasteiger partial charge in [0.05, 0.1) is 6.61 Å². The molecule has 0 radical (unpaired) electrons. The van der Waals surface area contributed by atoms with Crippen molar-refractivity contribution in [3.05, 3.63) is 54.1 Å². The summed E-state index contributed by atoms with van der Waals surface area (Å²) < 4.78 is 15.6. The maximum atomic E-state index is 11.9. The number of carbonyl (C=O) groups is 2. The van der Waals surface area contributed by atoms with E-state index in [1.807, 2.05) is 31.2 Å². The number of hydrogen-bond donors (Lipinski definition) is 1. The summed E-state index contributed by atoms with van der Waals surface area (Å²) in [6.07, 6.45) is 0. The van der Waals surface area contributed by atoms with Crippen LogP contribution in [0.3, 0.4) is 0 Å².